The molecule has 2 unspecified atom stereocenters. The van der Waals surface area contributed by atoms with E-state index in [2.05, 4.69) is 37.0 Å². The zero-order chi connectivity index (χ0) is 26.5. The molecule has 2 aromatic heterocycles. The lowest BCUT2D eigenvalue weighted by atomic mass is 10.2. The molecule has 1 aliphatic rings. The van der Waals surface area contributed by atoms with Crippen molar-refractivity contribution in [3.63, 3.8) is 0 Å². The maximum absolute atomic E-state index is 13.8. The van der Waals surface area contributed by atoms with Gasteiger partial charge in [0.15, 0.2) is 12.3 Å². The Kier molecular flexibility index (Phi) is 8.20. The summed E-state index contributed by atoms with van der Waals surface area (Å²) in [4.78, 5) is 19.8. The molecule has 1 aliphatic heterocycles. The lowest BCUT2D eigenvalue weighted by Gasteiger charge is -2.18. The Balaban J connectivity index is 1.93. The number of rotatable bonds is 6. The van der Waals surface area contributed by atoms with Gasteiger partial charge in [-0.1, -0.05) is 6.07 Å². The molecule has 15 heteroatoms. The molecule has 0 spiro atoms. The van der Waals surface area contributed by atoms with Crippen LogP contribution in [-0.4, -0.2) is 71.9 Å². The van der Waals surface area contributed by atoms with Crippen LogP contribution >= 0.6 is 0 Å². The number of anilines is 1. The van der Waals surface area contributed by atoms with E-state index in [0.717, 1.165) is 29.3 Å². The van der Waals surface area contributed by atoms with Crippen molar-refractivity contribution in [3.05, 3.63) is 53.6 Å². The second kappa shape index (κ2) is 11.0. The van der Waals surface area contributed by atoms with E-state index in [-0.39, 0.29) is 36.3 Å². The van der Waals surface area contributed by atoms with Gasteiger partial charge in [0, 0.05) is 11.9 Å². The summed E-state index contributed by atoms with van der Waals surface area (Å²) in [6, 6.07) is 5.09. The fourth-order valence-electron chi connectivity index (χ4n) is 3.14. The summed E-state index contributed by atoms with van der Waals surface area (Å²) in [6.45, 7) is 1.73. The molecule has 2 aromatic rings. The standard InChI is InChI=1S/C21H19F8N7/c1-30-8-16(15-3-2-4-17(34-15)20(24,25)26)35-19(36-9-13(22)14(23)10-36)33-11-32-12-5-6-31-18(7-12)21(27,28)29/h2-7,13-14H,1,8-11H2,(H,31,32). The lowest BCUT2D eigenvalue weighted by molar-refractivity contribution is -0.141. The molecule has 0 bridgehead atoms. The first kappa shape index (κ1) is 26.9. The van der Waals surface area contributed by atoms with Crippen molar-refractivity contribution in [2.45, 2.75) is 24.7 Å². The fourth-order valence-corrected chi connectivity index (χ4v) is 3.14. The quantitative estimate of drug-likeness (QED) is 0.347. The molecule has 194 valence electrons. The SMILES string of the molecule is C=NCC(=NC(=NCNc1ccnc(C(F)(F)F)c1)N1CC(F)C(F)C1)c1cccc(C(F)(F)F)n1. The number of hydrogen-bond donors (Lipinski definition) is 1. The van der Waals surface area contributed by atoms with Crippen molar-refractivity contribution in [1.29, 1.82) is 0 Å². The van der Waals surface area contributed by atoms with Crippen LogP contribution in [0.3, 0.4) is 0 Å². The zero-order valence-corrected chi connectivity index (χ0v) is 18.4. The number of aromatic nitrogens is 2. The highest BCUT2D eigenvalue weighted by atomic mass is 19.4. The van der Waals surface area contributed by atoms with Gasteiger partial charge in [0.2, 0.25) is 5.96 Å². The largest absolute Gasteiger partial charge is 0.433 e. The first-order chi connectivity index (χ1) is 16.9. The molecule has 1 saturated heterocycles. The molecular formula is C21H19F8N7. The van der Waals surface area contributed by atoms with Crippen LogP contribution in [0.5, 0.6) is 0 Å². The van der Waals surface area contributed by atoms with Crippen molar-refractivity contribution in [1.82, 2.24) is 14.9 Å². The predicted molar refractivity (Wildman–Crippen MR) is 117 cm³/mol. The molecule has 36 heavy (non-hydrogen) atoms. The van der Waals surface area contributed by atoms with Crippen molar-refractivity contribution in [2.24, 2.45) is 15.0 Å². The van der Waals surface area contributed by atoms with Crippen molar-refractivity contribution >= 4 is 24.1 Å². The minimum Gasteiger partial charge on any atom is -0.366 e. The van der Waals surface area contributed by atoms with Crippen LogP contribution in [0.15, 0.2) is 51.5 Å². The molecule has 1 N–H and O–H groups in total. The van der Waals surface area contributed by atoms with Crippen LogP contribution in [0.2, 0.25) is 0 Å². The Morgan fingerprint density at radius 3 is 2.31 bits per heavy atom. The number of halogens is 8. The molecule has 0 radical (unpaired) electrons. The molecule has 3 rings (SSSR count). The van der Waals surface area contributed by atoms with Gasteiger partial charge in [-0.15, -0.1) is 0 Å². The van der Waals surface area contributed by atoms with Crippen LogP contribution in [0, 0.1) is 0 Å². The molecule has 7 nitrogen and oxygen atoms in total. The number of guanidine groups is 1. The van der Waals surface area contributed by atoms with E-state index in [1.54, 1.807) is 0 Å². The number of hydrogen-bond acceptors (Lipinski definition) is 5. The summed E-state index contributed by atoms with van der Waals surface area (Å²) >= 11 is 0. The number of alkyl halides is 8. The lowest BCUT2D eigenvalue weighted by Crippen LogP contribution is -2.30. The van der Waals surface area contributed by atoms with Crippen molar-refractivity contribution in [3.8, 4) is 0 Å². The maximum atomic E-state index is 13.8. The Morgan fingerprint density at radius 2 is 1.69 bits per heavy atom. The van der Waals surface area contributed by atoms with Gasteiger partial charge in [-0.2, -0.15) is 26.3 Å². The topological polar surface area (TPSA) is 78.1 Å². The molecule has 0 amide bonds. The van der Waals surface area contributed by atoms with Crippen molar-refractivity contribution < 1.29 is 35.1 Å². The number of nitrogens with one attached hydrogen (secondary N) is 1. The third-order valence-corrected chi connectivity index (χ3v) is 4.85. The van der Waals surface area contributed by atoms with Gasteiger partial charge in [-0.05, 0) is 31.0 Å². The summed E-state index contributed by atoms with van der Waals surface area (Å²) < 4.78 is 106. The summed E-state index contributed by atoms with van der Waals surface area (Å²) in [6.07, 6.45) is -12.2. The van der Waals surface area contributed by atoms with E-state index in [0.29, 0.717) is 0 Å². The number of aliphatic imine (C=N–C) groups is 3. The van der Waals surface area contributed by atoms with Gasteiger partial charge in [0.05, 0.1) is 31.0 Å². The predicted octanol–water partition coefficient (Wildman–Crippen LogP) is 4.42. The summed E-state index contributed by atoms with van der Waals surface area (Å²) in [5.74, 6) is -0.270. The van der Waals surface area contributed by atoms with Gasteiger partial charge in [-0.3, -0.25) is 9.98 Å². The van der Waals surface area contributed by atoms with Crippen molar-refractivity contribution in [2.75, 3.05) is 31.6 Å². The third-order valence-electron chi connectivity index (χ3n) is 4.85. The molecule has 0 saturated carbocycles. The summed E-state index contributed by atoms with van der Waals surface area (Å²) in [7, 11) is 0. The van der Waals surface area contributed by atoms with Gasteiger partial charge < -0.3 is 10.2 Å². The highest BCUT2D eigenvalue weighted by Gasteiger charge is 2.36. The monoisotopic (exact) mass is 521 g/mol. The summed E-state index contributed by atoms with van der Waals surface area (Å²) in [5.41, 5.74) is -2.66. The molecular weight excluding hydrogens is 502 g/mol. The molecule has 3 heterocycles. The third kappa shape index (κ3) is 6.95. The first-order valence-electron chi connectivity index (χ1n) is 10.3. The smallest absolute Gasteiger partial charge is 0.366 e. The Hall–Kier alpha value is -3.65. The van der Waals surface area contributed by atoms with E-state index >= 15 is 0 Å². The van der Waals surface area contributed by atoms with Crippen LogP contribution in [0.25, 0.3) is 0 Å². The number of nitrogens with zero attached hydrogens (tertiary/aromatic N) is 6. The molecule has 2 atom stereocenters. The van der Waals surface area contributed by atoms with Crippen LogP contribution in [0.1, 0.15) is 17.1 Å². The van der Waals surface area contributed by atoms with Gasteiger partial charge in [-0.25, -0.2) is 23.7 Å². The van der Waals surface area contributed by atoms with Gasteiger partial charge in [0.25, 0.3) is 0 Å². The average molecular weight is 521 g/mol. The maximum Gasteiger partial charge on any atom is 0.433 e. The van der Waals surface area contributed by atoms with Gasteiger partial charge >= 0.3 is 12.4 Å². The van der Waals surface area contributed by atoms with Crippen LogP contribution in [-0.2, 0) is 12.4 Å². The van der Waals surface area contributed by atoms with E-state index < -0.39 is 49.2 Å². The summed E-state index contributed by atoms with van der Waals surface area (Å²) in [5, 5.41) is 2.60. The van der Waals surface area contributed by atoms with E-state index in [1.807, 2.05) is 0 Å². The minimum atomic E-state index is -4.73. The Labute approximate surface area is 199 Å². The zero-order valence-electron chi connectivity index (χ0n) is 18.4. The van der Waals surface area contributed by atoms with E-state index in [4.69, 9.17) is 0 Å². The molecule has 1 fully saturated rings. The highest BCUT2D eigenvalue weighted by Crippen LogP contribution is 2.29. The van der Waals surface area contributed by atoms with Crippen LogP contribution < -0.4 is 5.32 Å². The Bertz CT molecular complexity index is 1120. The molecule has 0 aliphatic carbocycles. The average Bonchev–Trinajstić information content (AvgIpc) is 3.15. The van der Waals surface area contributed by atoms with Crippen LogP contribution in [0.4, 0.5) is 40.8 Å². The second-order valence-electron chi connectivity index (χ2n) is 7.50. The normalized spacial score (nSPS) is 19.5. The fraction of sp³-hybridized carbons (Fsp3) is 0.381. The Morgan fingerprint density at radius 1 is 1.03 bits per heavy atom. The minimum absolute atomic E-state index is 0.00471. The number of pyridine rings is 2. The highest BCUT2D eigenvalue weighted by molar-refractivity contribution is 6.07. The molecule has 0 aromatic carbocycles. The van der Waals surface area contributed by atoms with Gasteiger partial charge in [0.1, 0.15) is 18.1 Å². The first-order valence-corrected chi connectivity index (χ1v) is 10.3. The number of likely N-dealkylation sites (tertiary alicyclic amines) is 1. The second-order valence-corrected chi connectivity index (χ2v) is 7.50. The van der Waals surface area contributed by atoms with E-state index in [9.17, 15) is 35.1 Å². The van der Waals surface area contributed by atoms with E-state index in [1.165, 1.54) is 12.1 Å².